The number of nitrogens with one attached hydrogen (secondary N) is 2. The average Bonchev–Trinajstić information content (AvgIpc) is 2.89. The van der Waals surface area contributed by atoms with Crippen LogP contribution in [-0.2, 0) is 9.47 Å². The first-order chi connectivity index (χ1) is 16.5. The van der Waals surface area contributed by atoms with Crippen LogP contribution in [0.2, 0.25) is 0 Å². The monoisotopic (exact) mass is 462 g/mol. The van der Waals surface area contributed by atoms with E-state index in [1.165, 1.54) is 31.4 Å². The fourth-order valence-electron chi connectivity index (χ4n) is 3.05. The van der Waals surface area contributed by atoms with Crippen LogP contribution in [0, 0.1) is 0 Å². The molecular formula is C26H26N2O6. The van der Waals surface area contributed by atoms with Crippen LogP contribution in [0.5, 0.6) is 5.75 Å². The van der Waals surface area contributed by atoms with Crippen molar-refractivity contribution in [2.24, 2.45) is 0 Å². The molecule has 0 bridgehead atoms. The molecule has 3 aromatic carbocycles. The van der Waals surface area contributed by atoms with Crippen LogP contribution in [-0.4, -0.2) is 44.7 Å². The predicted molar refractivity (Wildman–Crippen MR) is 127 cm³/mol. The summed E-state index contributed by atoms with van der Waals surface area (Å²) >= 11 is 0. The Hall–Kier alpha value is -4.17. The van der Waals surface area contributed by atoms with E-state index in [0.29, 0.717) is 30.9 Å². The number of esters is 1. The highest BCUT2D eigenvalue weighted by Gasteiger charge is 2.11. The molecule has 0 aromatic heterocycles. The molecular weight excluding hydrogens is 436 g/mol. The zero-order valence-electron chi connectivity index (χ0n) is 19.0. The Morgan fingerprint density at radius 1 is 0.676 bits per heavy atom. The van der Waals surface area contributed by atoms with E-state index in [4.69, 9.17) is 9.47 Å². The Morgan fingerprint density at radius 2 is 1.15 bits per heavy atom. The van der Waals surface area contributed by atoms with Gasteiger partial charge in [-0.3, -0.25) is 20.4 Å². The van der Waals surface area contributed by atoms with Gasteiger partial charge in [0.2, 0.25) is 0 Å². The van der Waals surface area contributed by atoms with E-state index < -0.39 is 17.8 Å². The van der Waals surface area contributed by atoms with Gasteiger partial charge < -0.3 is 14.2 Å². The number of carbonyl (C=O) groups excluding carboxylic acids is 3. The van der Waals surface area contributed by atoms with Crippen molar-refractivity contribution in [2.45, 2.75) is 6.92 Å². The highest BCUT2D eigenvalue weighted by atomic mass is 16.5. The Labute approximate surface area is 197 Å². The molecule has 34 heavy (non-hydrogen) atoms. The molecule has 0 aliphatic rings. The molecule has 176 valence electrons. The van der Waals surface area contributed by atoms with Gasteiger partial charge in [-0.1, -0.05) is 24.3 Å². The van der Waals surface area contributed by atoms with Gasteiger partial charge in [0.1, 0.15) is 12.4 Å². The van der Waals surface area contributed by atoms with E-state index in [9.17, 15) is 14.4 Å². The van der Waals surface area contributed by atoms with E-state index in [0.717, 1.165) is 16.9 Å². The maximum Gasteiger partial charge on any atom is 0.337 e. The summed E-state index contributed by atoms with van der Waals surface area (Å²) < 4.78 is 15.5. The number of carbonyl (C=O) groups is 3. The SMILES string of the molecule is CCOCCOc1ccc(-c2ccc(C(=O)NNC(=O)c3ccc(C(=O)OC)cc3)cc2)cc1. The van der Waals surface area contributed by atoms with Gasteiger partial charge >= 0.3 is 5.97 Å². The summed E-state index contributed by atoms with van der Waals surface area (Å²) in [5, 5.41) is 0. The summed E-state index contributed by atoms with van der Waals surface area (Å²) in [6.07, 6.45) is 0. The number of ether oxygens (including phenoxy) is 3. The zero-order chi connectivity index (χ0) is 24.3. The number of amides is 2. The first kappa shape index (κ1) is 24.5. The maximum atomic E-state index is 12.4. The van der Waals surface area contributed by atoms with Gasteiger partial charge in [-0.05, 0) is 66.6 Å². The molecule has 0 saturated carbocycles. The highest BCUT2D eigenvalue weighted by Crippen LogP contribution is 2.23. The fraction of sp³-hybridized carbons (Fsp3) is 0.192. The van der Waals surface area contributed by atoms with E-state index >= 15 is 0 Å². The molecule has 0 atom stereocenters. The molecule has 8 nitrogen and oxygen atoms in total. The lowest BCUT2D eigenvalue weighted by Gasteiger charge is -2.09. The molecule has 2 amide bonds. The van der Waals surface area contributed by atoms with Crippen molar-refractivity contribution in [1.29, 1.82) is 0 Å². The topological polar surface area (TPSA) is 103 Å². The van der Waals surface area contributed by atoms with Crippen molar-refractivity contribution in [3.8, 4) is 16.9 Å². The Balaban J connectivity index is 1.52. The van der Waals surface area contributed by atoms with Crippen molar-refractivity contribution >= 4 is 17.8 Å². The normalized spacial score (nSPS) is 10.3. The minimum Gasteiger partial charge on any atom is -0.491 e. The molecule has 2 N–H and O–H groups in total. The smallest absolute Gasteiger partial charge is 0.337 e. The van der Waals surface area contributed by atoms with Crippen molar-refractivity contribution in [2.75, 3.05) is 26.9 Å². The number of benzene rings is 3. The van der Waals surface area contributed by atoms with Crippen LogP contribution in [0.4, 0.5) is 0 Å². The van der Waals surface area contributed by atoms with E-state index in [1.54, 1.807) is 12.1 Å². The second-order valence-corrected chi connectivity index (χ2v) is 7.12. The standard InChI is InChI=1S/C26H26N2O6/c1-3-33-16-17-34-23-14-12-19(13-15-23)18-4-6-20(7-5-18)24(29)27-28-25(30)21-8-10-22(11-9-21)26(31)32-2/h4-15H,3,16-17H2,1-2H3,(H,27,29)(H,28,30). The van der Waals surface area contributed by atoms with Gasteiger partial charge in [0.15, 0.2) is 0 Å². The molecule has 8 heteroatoms. The third-order valence-corrected chi connectivity index (χ3v) is 4.89. The van der Waals surface area contributed by atoms with Crippen LogP contribution in [0.3, 0.4) is 0 Å². The van der Waals surface area contributed by atoms with Gasteiger partial charge in [0.25, 0.3) is 11.8 Å². The van der Waals surface area contributed by atoms with E-state index in [-0.39, 0.29) is 5.56 Å². The van der Waals surface area contributed by atoms with E-state index in [1.807, 2.05) is 43.3 Å². The lowest BCUT2D eigenvalue weighted by molar-refractivity contribution is 0.0600. The molecule has 3 aromatic rings. The minimum atomic E-state index is -0.509. The van der Waals surface area contributed by atoms with Crippen LogP contribution in [0.1, 0.15) is 38.0 Å². The number of methoxy groups -OCH3 is 1. The maximum absolute atomic E-state index is 12.4. The molecule has 0 saturated heterocycles. The van der Waals surface area contributed by atoms with Crippen LogP contribution in [0.25, 0.3) is 11.1 Å². The molecule has 0 aliphatic heterocycles. The lowest BCUT2D eigenvalue weighted by atomic mass is 10.0. The van der Waals surface area contributed by atoms with Gasteiger partial charge in [0, 0.05) is 17.7 Å². The second-order valence-electron chi connectivity index (χ2n) is 7.12. The van der Waals surface area contributed by atoms with Gasteiger partial charge in [0.05, 0.1) is 19.3 Å². The predicted octanol–water partition coefficient (Wildman–Crippen LogP) is 3.63. The Kier molecular flexibility index (Phi) is 8.76. The van der Waals surface area contributed by atoms with Crippen molar-refractivity contribution < 1.29 is 28.6 Å². The number of hydrogen-bond donors (Lipinski definition) is 2. The third kappa shape index (κ3) is 6.66. The molecule has 0 aliphatic carbocycles. The van der Waals surface area contributed by atoms with Gasteiger partial charge in [-0.25, -0.2) is 4.79 Å². The van der Waals surface area contributed by atoms with E-state index in [2.05, 4.69) is 15.6 Å². The lowest BCUT2D eigenvalue weighted by Crippen LogP contribution is -2.41. The quantitative estimate of drug-likeness (QED) is 0.286. The fourth-order valence-corrected chi connectivity index (χ4v) is 3.05. The number of hydrogen-bond acceptors (Lipinski definition) is 6. The summed E-state index contributed by atoms with van der Waals surface area (Å²) in [5.41, 5.74) is 7.66. The van der Waals surface area contributed by atoms with Crippen LogP contribution < -0.4 is 15.6 Å². The zero-order valence-corrected chi connectivity index (χ0v) is 19.0. The van der Waals surface area contributed by atoms with Gasteiger partial charge in [-0.15, -0.1) is 0 Å². The molecule has 3 rings (SSSR count). The summed E-state index contributed by atoms with van der Waals surface area (Å²) in [6.45, 7) is 3.64. The number of hydrazine groups is 1. The summed E-state index contributed by atoms with van der Waals surface area (Å²) in [6, 6.07) is 20.5. The first-order valence-corrected chi connectivity index (χ1v) is 10.7. The Morgan fingerprint density at radius 3 is 1.65 bits per heavy atom. The molecule has 0 fully saturated rings. The summed E-state index contributed by atoms with van der Waals surface area (Å²) in [5.74, 6) is -0.699. The Bertz CT molecular complexity index is 1110. The van der Waals surface area contributed by atoms with Crippen LogP contribution >= 0.6 is 0 Å². The minimum absolute atomic E-state index is 0.286. The van der Waals surface area contributed by atoms with Crippen LogP contribution in [0.15, 0.2) is 72.8 Å². The van der Waals surface area contributed by atoms with Gasteiger partial charge in [-0.2, -0.15) is 0 Å². The second kappa shape index (κ2) is 12.2. The first-order valence-electron chi connectivity index (χ1n) is 10.7. The highest BCUT2D eigenvalue weighted by molar-refractivity contribution is 6.00. The van der Waals surface area contributed by atoms with Crippen molar-refractivity contribution in [1.82, 2.24) is 10.9 Å². The largest absolute Gasteiger partial charge is 0.491 e. The molecule has 0 spiro atoms. The average molecular weight is 463 g/mol. The van der Waals surface area contributed by atoms with Crippen molar-refractivity contribution in [3.05, 3.63) is 89.5 Å². The summed E-state index contributed by atoms with van der Waals surface area (Å²) in [7, 11) is 1.28. The molecule has 0 unspecified atom stereocenters. The molecule has 0 radical (unpaired) electrons. The molecule has 0 heterocycles. The number of rotatable bonds is 9. The third-order valence-electron chi connectivity index (χ3n) is 4.89. The van der Waals surface area contributed by atoms with Crippen molar-refractivity contribution in [3.63, 3.8) is 0 Å². The summed E-state index contributed by atoms with van der Waals surface area (Å²) in [4.78, 5) is 36.1.